The maximum atomic E-state index is 12.5. The monoisotopic (exact) mass is 288 g/mol. The molecule has 19 heavy (non-hydrogen) atoms. The Morgan fingerprint density at radius 2 is 1.79 bits per heavy atom. The third-order valence-corrected chi connectivity index (χ3v) is 2.50. The fourth-order valence-corrected chi connectivity index (χ4v) is 1.45. The van der Waals surface area contributed by atoms with Crippen molar-refractivity contribution in [2.24, 2.45) is 0 Å². The summed E-state index contributed by atoms with van der Waals surface area (Å²) in [6.07, 6.45) is -3.84. The van der Waals surface area contributed by atoms with Crippen LogP contribution >= 0.6 is 11.6 Å². The molecule has 0 atom stereocenters. The van der Waals surface area contributed by atoms with E-state index < -0.39 is 11.7 Å². The molecule has 0 fully saturated rings. The molecule has 0 saturated carbocycles. The van der Waals surface area contributed by atoms with E-state index in [1.165, 1.54) is 12.1 Å². The first-order valence-corrected chi connectivity index (χ1v) is 5.50. The molecule has 2 aromatic rings. The number of anilines is 1. The number of ether oxygens (including phenoxy) is 1. The third kappa shape index (κ3) is 3.29. The number of hydrogen-bond donors (Lipinski definition) is 1. The number of alkyl halides is 3. The maximum Gasteiger partial charge on any atom is 0.418 e. The lowest BCUT2D eigenvalue weighted by Crippen LogP contribution is -2.07. The quantitative estimate of drug-likeness (QED) is 0.904. The van der Waals surface area contributed by atoms with Crippen LogP contribution in [0.15, 0.2) is 36.5 Å². The molecule has 0 aliphatic carbocycles. The highest BCUT2D eigenvalue weighted by molar-refractivity contribution is 6.30. The van der Waals surface area contributed by atoms with Crippen LogP contribution in [0.5, 0.6) is 11.5 Å². The number of rotatable bonds is 2. The van der Waals surface area contributed by atoms with Crippen LogP contribution in [0.2, 0.25) is 5.02 Å². The highest BCUT2D eigenvalue weighted by Gasteiger charge is 2.31. The maximum absolute atomic E-state index is 12.5. The summed E-state index contributed by atoms with van der Waals surface area (Å²) in [4.78, 5) is 3.47. The van der Waals surface area contributed by atoms with Crippen molar-refractivity contribution in [3.63, 3.8) is 0 Å². The van der Waals surface area contributed by atoms with Gasteiger partial charge in [-0.15, -0.1) is 0 Å². The molecule has 1 aromatic heterocycles. The normalized spacial score (nSPS) is 11.4. The Hall–Kier alpha value is -1.95. The Kier molecular flexibility index (Phi) is 3.53. The van der Waals surface area contributed by atoms with Crippen LogP contribution in [-0.4, -0.2) is 4.98 Å². The smallest absolute Gasteiger partial charge is 0.418 e. The molecule has 3 nitrogen and oxygen atoms in total. The van der Waals surface area contributed by atoms with Gasteiger partial charge in [-0.1, -0.05) is 11.6 Å². The van der Waals surface area contributed by atoms with Crippen molar-refractivity contribution in [2.45, 2.75) is 6.18 Å². The van der Waals surface area contributed by atoms with Gasteiger partial charge < -0.3 is 10.5 Å². The fourth-order valence-electron chi connectivity index (χ4n) is 1.32. The first kappa shape index (κ1) is 13.5. The van der Waals surface area contributed by atoms with E-state index in [0.717, 1.165) is 6.07 Å². The second-order valence-corrected chi connectivity index (χ2v) is 4.10. The number of nitrogens with zero attached hydrogens (tertiary/aromatic N) is 1. The van der Waals surface area contributed by atoms with Gasteiger partial charge in [-0.2, -0.15) is 13.2 Å². The Labute approximate surface area is 111 Å². The molecule has 0 aliphatic heterocycles. The topological polar surface area (TPSA) is 48.1 Å². The molecule has 0 bridgehead atoms. The molecule has 100 valence electrons. The third-order valence-electron chi connectivity index (χ3n) is 2.25. The Balaban J connectivity index is 2.31. The minimum Gasteiger partial charge on any atom is -0.453 e. The highest BCUT2D eigenvalue weighted by Crippen LogP contribution is 2.34. The first-order chi connectivity index (χ1) is 8.86. The molecule has 2 rings (SSSR count). The van der Waals surface area contributed by atoms with Crippen molar-refractivity contribution in [3.8, 4) is 11.5 Å². The molecule has 0 saturated heterocycles. The van der Waals surface area contributed by atoms with Crippen LogP contribution in [0.3, 0.4) is 0 Å². The van der Waals surface area contributed by atoms with Crippen molar-refractivity contribution in [1.82, 2.24) is 4.98 Å². The van der Waals surface area contributed by atoms with Gasteiger partial charge in [0.1, 0.15) is 5.75 Å². The van der Waals surface area contributed by atoms with Crippen LogP contribution in [0.1, 0.15) is 5.56 Å². The van der Waals surface area contributed by atoms with Gasteiger partial charge in [0, 0.05) is 11.2 Å². The van der Waals surface area contributed by atoms with Crippen LogP contribution < -0.4 is 10.5 Å². The molecule has 2 N–H and O–H groups in total. The average Bonchev–Trinajstić information content (AvgIpc) is 2.33. The van der Waals surface area contributed by atoms with Gasteiger partial charge in [0.2, 0.25) is 0 Å². The lowest BCUT2D eigenvalue weighted by Gasteiger charge is -2.11. The standard InChI is InChI=1S/C12H8ClF3N2O/c13-8-1-3-9(4-2-8)19-10-5-7(12(14,15)16)6-18-11(10)17/h1-6H,(H2,17,18). The van der Waals surface area contributed by atoms with Crippen LogP contribution in [0.25, 0.3) is 0 Å². The van der Waals surface area contributed by atoms with Crippen LogP contribution in [0.4, 0.5) is 19.0 Å². The van der Waals surface area contributed by atoms with Gasteiger partial charge in [-0.3, -0.25) is 0 Å². The van der Waals surface area contributed by atoms with Gasteiger partial charge >= 0.3 is 6.18 Å². The zero-order valence-electron chi connectivity index (χ0n) is 9.41. The van der Waals surface area contributed by atoms with Gasteiger partial charge in [-0.25, -0.2) is 4.98 Å². The van der Waals surface area contributed by atoms with Gasteiger partial charge in [0.25, 0.3) is 0 Å². The molecule has 0 aliphatic rings. The summed E-state index contributed by atoms with van der Waals surface area (Å²) in [6.45, 7) is 0. The highest BCUT2D eigenvalue weighted by atomic mass is 35.5. The van der Waals surface area contributed by atoms with Gasteiger partial charge in [-0.05, 0) is 30.3 Å². The molecular formula is C12H8ClF3N2O. The largest absolute Gasteiger partial charge is 0.453 e. The minimum absolute atomic E-state index is 0.122. The number of halogens is 4. The molecular weight excluding hydrogens is 281 g/mol. The predicted octanol–water partition coefficient (Wildman–Crippen LogP) is 4.13. The lowest BCUT2D eigenvalue weighted by atomic mass is 10.2. The predicted molar refractivity (Wildman–Crippen MR) is 65.2 cm³/mol. The SMILES string of the molecule is Nc1ncc(C(F)(F)F)cc1Oc1ccc(Cl)cc1. The number of nitrogens with two attached hydrogens (primary N) is 1. The number of aromatic nitrogens is 1. The van der Waals surface area contributed by atoms with Crippen LogP contribution in [0, 0.1) is 0 Å². The van der Waals surface area contributed by atoms with E-state index in [4.69, 9.17) is 22.1 Å². The minimum atomic E-state index is -4.50. The second-order valence-electron chi connectivity index (χ2n) is 3.66. The van der Waals surface area contributed by atoms with Crippen molar-refractivity contribution in [1.29, 1.82) is 0 Å². The summed E-state index contributed by atoms with van der Waals surface area (Å²) >= 11 is 5.69. The van der Waals surface area contributed by atoms with E-state index in [-0.39, 0.29) is 11.6 Å². The van der Waals surface area contributed by atoms with Crippen molar-refractivity contribution in [3.05, 3.63) is 47.1 Å². The number of hydrogen-bond acceptors (Lipinski definition) is 3. The summed E-state index contributed by atoms with van der Waals surface area (Å²) in [5.41, 5.74) is 4.56. The van der Waals surface area contributed by atoms with E-state index in [9.17, 15) is 13.2 Å². The zero-order chi connectivity index (χ0) is 14.0. The molecule has 1 heterocycles. The second kappa shape index (κ2) is 4.97. The molecule has 0 spiro atoms. The van der Waals surface area contributed by atoms with Crippen LogP contribution in [-0.2, 0) is 6.18 Å². The van der Waals surface area contributed by atoms with E-state index in [1.807, 2.05) is 0 Å². The van der Waals surface area contributed by atoms with Gasteiger partial charge in [0.15, 0.2) is 11.6 Å². The number of benzene rings is 1. The molecule has 1 aromatic carbocycles. The summed E-state index contributed by atoms with van der Waals surface area (Å²) in [6, 6.07) is 6.93. The van der Waals surface area contributed by atoms with Crippen molar-refractivity contribution >= 4 is 17.4 Å². The summed E-state index contributed by atoms with van der Waals surface area (Å²) < 4.78 is 42.9. The first-order valence-electron chi connectivity index (χ1n) is 5.12. The Bertz CT molecular complexity index is 585. The Morgan fingerprint density at radius 3 is 2.37 bits per heavy atom. The molecule has 7 heteroatoms. The molecule has 0 radical (unpaired) electrons. The van der Waals surface area contributed by atoms with E-state index in [0.29, 0.717) is 17.0 Å². The van der Waals surface area contributed by atoms with E-state index in [2.05, 4.69) is 4.98 Å². The Morgan fingerprint density at radius 1 is 1.16 bits per heavy atom. The number of nitrogen functional groups attached to an aromatic ring is 1. The number of pyridine rings is 1. The fraction of sp³-hybridized carbons (Fsp3) is 0.0833. The van der Waals surface area contributed by atoms with E-state index >= 15 is 0 Å². The summed E-state index contributed by atoms with van der Waals surface area (Å²) in [5.74, 6) is 0.0392. The van der Waals surface area contributed by atoms with Gasteiger partial charge in [0.05, 0.1) is 5.56 Å². The van der Waals surface area contributed by atoms with Crippen molar-refractivity contribution < 1.29 is 17.9 Å². The summed E-state index contributed by atoms with van der Waals surface area (Å²) in [5, 5.41) is 0.488. The average molecular weight is 289 g/mol. The van der Waals surface area contributed by atoms with Crippen molar-refractivity contribution in [2.75, 3.05) is 5.73 Å². The molecule has 0 unspecified atom stereocenters. The zero-order valence-corrected chi connectivity index (χ0v) is 10.2. The van der Waals surface area contributed by atoms with E-state index in [1.54, 1.807) is 12.1 Å². The molecule has 0 amide bonds. The lowest BCUT2D eigenvalue weighted by molar-refractivity contribution is -0.137. The summed E-state index contributed by atoms with van der Waals surface area (Å²) in [7, 11) is 0.